The molecule has 1 aromatic heterocycles. The van der Waals surface area contributed by atoms with E-state index in [-0.39, 0.29) is 5.91 Å². The summed E-state index contributed by atoms with van der Waals surface area (Å²) in [5.74, 6) is 0.354. The molecule has 1 aliphatic rings. The number of likely N-dealkylation sites (N-methyl/N-ethyl adjacent to an activating group) is 1. The molecule has 0 bridgehead atoms. The zero-order valence-electron chi connectivity index (χ0n) is 12.3. The van der Waals surface area contributed by atoms with Gasteiger partial charge in [-0.25, -0.2) is 0 Å². The van der Waals surface area contributed by atoms with Gasteiger partial charge < -0.3 is 10.3 Å². The lowest BCUT2D eigenvalue weighted by atomic mass is 9.91. The number of nitrogens with two attached hydrogens (primary N) is 1. The minimum Gasteiger partial charge on any atom is -0.338 e. The number of hydrogen-bond donors (Lipinski definition) is 2. The molecule has 0 aromatic carbocycles. The molecule has 0 unspecified atom stereocenters. The van der Waals surface area contributed by atoms with E-state index in [1.54, 1.807) is 6.07 Å². The van der Waals surface area contributed by atoms with E-state index in [0.717, 1.165) is 37.9 Å². The van der Waals surface area contributed by atoms with Gasteiger partial charge >= 0.3 is 0 Å². The van der Waals surface area contributed by atoms with Crippen molar-refractivity contribution in [1.29, 1.82) is 0 Å². The molecule has 3 N–H and O–H groups in total. The fourth-order valence-electron chi connectivity index (χ4n) is 2.75. The Morgan fingerprint density at radius 1 is 1.50 bits per heavy atom. The third-order valence-corrected chi connectivity index (χ3v) is 3.90. The average molecular weight is 280 g/mol. The van der Waals surface area contributed by atoms with Crippen LogP contribution in [0.1, 0.15) is 38.3 Å². The van der Waals surface area contributed by atoms with Crippen molar-refractivity contribution in [2.24, 2.45) is 5.73 Å². The summed E-state index contributed by atoms with van der Waals surface area (Å²) in [5, 5.41) is 6.49. The highest BCUT2D eigenvalue weighted by molar-refractivity contribution is 5.90. The van der Waals surface area contributed by atoms with Gasteiger partial charge in [0.1, 0.15) is 0 Å². The van der Waals surface area contributed by atoms with Crippen LogP contribution in [0.25, 0.3) is 0 Å². The Morgan fingerprint density at radius 2 is 2.20 bits per heavy atom. The van der Waals surface area contributed by atoms with Crippen molar-refractivity contribution in [3.63, 3.8) is 0 Å². The molecule has 1 aliphatic carbocycles. The van der Waals surface area contributed by atoms with Gasteiger partial charge in [-0.2, -0.15) is 0 Å². The first kappa shape index (κ1) is 15.0. The van der Waals surface area contributed by atoms with E-state index in [0.29, 0.717) is 24.5 Å². The molecule has 1 saturated carbocycles. The van der Waals surface area contributed by atoms with Crippen molar-refractivity contribution in [2.75, 3.05) is 18.4 Å². The van der Waals surface area contributed by atoms with Crippen molar-refractivity contribution in [3.8, 4) is 0 Å². The van der Waals surface area contributed by atoms with Crippen molar-refractivity contribution in [1.82, 2.24) is 10.1 Å². The lowest BCUT2D eigenvalue weighted by Crippen LogP contribution is -2.44. The van der Waals surface area contributed by atoms with Gasteiger partial charge in [0.25, 0.3) is 0 Å². The Hall–Kier alpha value is -1.40. The smallest absolute Gasteiger partial charge is 0.240 e. The van der Waals surface area contributed by atoms with E-state index in [9.17, 15) is 4.79 Å². The number of nitrogens with one attached hydrogen (secondary N) is 1. The molecule has 2 rings (SSSR count). The summed E-state index contributed by atoms with van der Waals surface area (Å²) in [7, 11) is 0. The van der Waals surface area contributed by atoms with Crippen LogP contribution in [0.15, 0.2) is 10.6 Å². The first-order valence-corrected chi connectivity index (χ1v) is 7.31. The molecule has 0 aliphatic heterocycles. The molecular weight excluding hydrogens is 256 g/mol. The number of hydrogen-bond acceptors (Lipinski definition) is 5. The second-order valence-electron chi connectivity index (χ2n) is 5.51. The molecular formula is C14H24N4O2. The van der Waals surface area contributed by atoms with E-state index < -0.39 is 0 Å². The van der Waals surface area contributed by atoms with Crippen LogP contribution in [0.5, 0.6) is 0 Å². The molecule has 1 heterocycles. The number of anilines is 1. The topological polar surface area (TPSA) is 84.4 Å². The highest BCUT2D eigenvalue weighted by Gasteiger charge is 2.24. The van der Waals surface area contributed by atoms with Crippen LogP contribution >= 0.6 is 0 Å². The SMILES string of the molecule is CCN(CC(=O)Nc1cc(C)no1)C1CCC(N)CC1. The van der Waals surface area contributed by atoms with Crippen molar-refractivity contribution < 1.29 is 9.32 Å². The van der Waals surface area contributed by atoms with Crippen molar-refractivity contribution >= 4 is 11.8 Å². The summed E-state index contributed by atoms with van der Waals surface area (Å²) in [4.78, 5) is 14.2. The quantitative estimate of drug-likeness (QED) is 0.854. The van der Waals surface area contributed by atoms with Crippen molar-refractivity contribution in [2.45, 2.75) is 51.6 Å². The van der Waals surface area contributed by atoms with Crippen LogP contribution in [0.4, 0.5) is 5.88 Å². The maximum Gasteiger partial charge on any atom is 0.240 e. The third kappa shape index (κ3) is 4.05. The van der Waals surface area contributed by atoms with Gasteiger partial charge in [-0.15, -0.1) is 0 Å². The number of amides is 1. The summed E-state index contributed by atoms with van der Waals surface area (Å²) >= 11 is 0. The summed E-state index contributed by atoms with van der Waals surface area (Å²) in [5.41, 5.74) is 6.69. The molecule has 0 atom stereocenters. The molecule has 0 saturated heterocycles. The first-order chi connectivity index (χ1) is 9.58. The summed E-state index contributed by atoms with van der Waals surface area (Å²) < 4.78 is 4.99. The van der Waals surface area contributed by atoms with Crippen LogP contribution in [-0.2, 0) is 4.79 Å². The predicted molar refractivity (Wildman–Crippen MR) is 77.3 cm³/mol. The zero-order valence-corrected chi connectivity index (χ0v) is 12.3. The largest absolute Gasteiger partial charge is 0.338 e. The fourth-order valence-corrected chi connectivity index (χ4v) is 2.75. The molecule has 6 nitrogen and oxygen atoms in total. The number of rotatable bonds is 5. The molecule has 1 aromatic rings. The Bertz CT molecular complexity index is 438. The van der Waals surface area contributed by atoms with Gasteiger partial charge in [-0.1, -0.05) is 12.1 Å². The minimum absolute atomic E-state index is 0.0575. The summed E-state index contributed by atoms with van der Waals surface area (Å²) in [6, 6.07) is 2.51. The van der Waals surface area contributed by atoms with E-state index in [2.05, 4.69) is 22.3 Å². The van der Waals surface area contributed by atoms with Crippen LogP contribution in [-0.4, -0.2) is 41.1 Å². The number of carbonyl (C=O) groups is 1. The summed E-state index contributed by atoms with van der Waals surface area (Å²) in [6.45, 7) is 5.15. The molecule has 20 heavy (non-hydrogen) atoms. The van der Waals surface area contributed by atoms with Gasteiger partial charge in [-0.05, 0) is 39.2 Å². The zero-order chi connectivity index (χ0) is 14.5. The molecule has 112 valence electrons. The monoisotopic (exact) mass is 280 g/mol. The van der Waals surface area contributed by atoms with E-state index in [1.165, 1.54) is 0 Å². The fraction of sp³-hybridized carbons (Fsp3) is 0.714. The molecule has 1 amide bonds. The molecule has 0 radical (unpaired) electrons. The van der Waals surface area contributed by atoms with Gasteiger partial charge in [0, 0.05) is 18.2 Å². The van der Waals surface area contributed by atoms with Crippen LogP contribution < -0.4 is 11.1 Å². The van der Waals surface area contributed by atoms with E-state index in [4.69, 9.17) is 10.3 Å². The van der Waals surface area contributed by atoms with Crippen molar-refractivity contribution in [3.05, 3.63) is 11.8 Å². The minimum atomic E-state index is -0.0575. The summed E-state index contributed by atoms with van der Waals surface area (Å²) in [6.07, 6.45) is 4.24. The third-order valence-electron chi connectivity index (χ3n) is 3.90. The lowest BCUT2D eigenvalue weighted by Gasteiger charge is -2.34. The van der Waals surface area contributed by atoms with E-state index >= 15 is 0 Å². The number of aryl methyl sites for hydroxylation is 1. The Kier molecular flexibility index (Phi) is 5.14. The normalized spacial score (nSPS) is 23.0. The van der Waals surface area contributed by atoms with Crippen LogP contribution in [0, 0.1) is 6.92 Å². The van der Waals surface area contributed by atoms with Gasteiger partial charge in [-0.3, -0.25) is 15.0 Å². The Morgan fingerprint density at radius 3 is 2.75 bits per heavy atom. The maximum absolute atomic E-state index is 12.0. The Labute approximate surface area is 119 Å². The highest BCUT2D eigenvalue weighted by atomic mass is 16.5. The van der Waals surface area contributed by atoms with Crippen LogP contribution in [0.2, 0.25) is 0 Å². The molecule has 0 spiro atoms. The van der Waals surface area contributed by atoms with Gasteiger partial charge in [0.05, 0.1) is 12.2 Å². The first-order valence-electron chi connectivity index (χ1n) is 7.31. The predicted octanol–water partition coefficient (Wildman–Crippen LogP) is 1.51. The average Bonchev–Trinajstić information content (AvgIpc) is 2.82. The Balaban J connectivity index is 1.84. The second-order valence-corrected chi connectivity index (χ2v) is 5.51. The number of aromatic nitrogens is 1. The number of nitrogens with zero attached hydrogens (tertiary/aromatic N) is 2. The molecule has 1 fully saturated rings. The standard InChI is InChI=1S/C14H24N4O2/c1-3-18(12-6-4-11(15)5-7-12)9-13(19)16-14-8-10(2)17-20-14/h8,11-12H,3-7,9,15H2,1-2H3,(H,16,19). The number of carbonyl (C=O) groups excluding carboxylic acids is 1. The van der Waals surface area contributed by atoms with E-state index in [1.807, 2.05) is 6.92 Å². The maximum atomic E-state index is 12.0. The van der Waals surface area contributed by atoms with Gasteiger partial charge in [0.15, 0.2) is 0 Å². The molecule has 6 heteroatoms. The highest BCUT2D eigenvalue weighted by Crippen LogP contribution is 2.22. The lowest BCUT2D eigenvalue weighted by molar-refractivity contribution is -0.118. The van der Waals surface area contributed by atoms with Crippen LogP contribution in [0.3, 0.4) is 0 Å². The second kappa shape index (κ2) is 6.85. The van der Waals surface area contributed by atoms with Gasteiger partial charge in [0.2, 0.25) is 11.8 Å².